The third-order valence-electron chi connectivity index (χ3n) is 2.32. The Balaban J connectivity index is 2.76. The van der Waals surface area contributed by atoms with E-state index in [-0.39, 0.29) is 0 Å². The predicted molar refractivity (Wildman–Crippen MR) is 68.0 cm³/mol. The van der Waals surface area contributed by atoms with Crippen LogP contribution in [0.2, 0.25) is 0 Å². The number of benzene rings is 1. The van der Waals surface area contributed by atoms with Gasteiger partial charge in [-0.3, -0.25) is 0 Å². The molecule has 15 heavy (non-hydrogen) atoms. The molecule has 0 fully saturated rings. The molecule has 1 heteroatoms. The molecule has 80 valence electrons. The zero-order chi connectivity index (χ0) is 11.1. The Bertz CT molecular complexity index is 324. The van der Waals surface area contributed by atoms with E-state index in [4.69, 9.17) is 0 Å². The smallest absolute Gasteiger partial charge is 0.0403 e. The quantitative estimate of drug-likeness (QED) is 0.651. The van der Waals surface area contributed by atoms with Gasteiger partial charge in [0.25, 0.3) is 0 Å². The minimum absolute atomic E-state index is 1.08. The normalized spacial score (nSPS) is 11.2. The Morgan fingerprint density at radius 2 is 2.00 bits per heavy atom. The zero-order valence-corrected chi connectivity index (χ0v) is 9.61. The fourth-order valence-electron chi connectivity index (χ4n) is 1.49. The topological polar surface area (TPSA) is 3.24 Å². The van der Waals surface area contributed by atoms with E-state index in [9.17, 15) is 0 Å². The monoisotopic (exact) mass is 201 g/mol. The molecular weight excluding hydrogens is 182 g/mol. The average molecular weight is 201 g/mol. The van der Waals surface area contributed by atoms with Crippen molar-refractivity contribution in [3.05, 3.63) is 54.8 Å². The van der Waals surface area contributed by atoms with Crippen LogP contribution in [0.15, 0.2) is 54.8 Å². The van der Waals surface area contributed by atoms with Crippen LogP contribution in [0.1, 0.15) is 19.8 Å². The number of hydrogen-bond donors (Lipinski definition) is 0. The van der Waals surface area contributed by atoms with E-state index in [1.165, 1.54) is 11.3 Å². The van der Waals surface area contributed by atoms with Crippen molar-refractivity contribution in [1.29, 1.82) is 0 Å². The number of nitrogens with zero attached hydrogens (tertiary/aromatic N) is 1. The highest BCUT2D eigenvalue weighted by Gasteiger charge is 1.97. The molecule has 0 aliphatic rings. The summed E-state index contributed by atoms with van der Waals surface area (Å²) < 4.78 is 0. The highest BCUT2D eigenvalue weighted by atomic mass is 15.1. The van der Waals surface area contributed by atoms with Gasteiger partial charge in [0.05, 0.1) is 0 Å². The number of anilines is 1. The molecule has 1 aromatic carbocycles. The van der Waals surface area contributed by atoms with Crippen LogP contribution in [0, 0.1) is 0 Å². The predicted octanol–water partition coefficient (Wildman–Crippen LogP) is 3.99. The molecule has 0 aliphatic heterocycles. The average Bonchev–Trinajstić information content (AvgIpc) is 2.29. The fraction of sp³-hybridized carbons (Fsp3) is 0.286. The molecule has 0 N–H and O–H groups in total. The number of para-hydroxylation sites is 1. The van der Waals surface area contributed by atoms with Crippen LogP contribution >= 0.6 is 0 Å². The lowest BCUT2D eigenvalue weighted by Crippen LogP contribution is -2.08. The lowest BCUT2D eigenvalue weighted by atomic mass is 10.1. The molecule has 0 unspecified atom stereocenters. The summed E-state index contributed by atoms with van der Waals surface area (Å²) in [4.78, 5) is 2.13. The van der Waals surface area contributed by atoms with Crippen LogP contribution in [0.25, 0.3) is 0 Å². The molecule has 0 saturated carbocycles. The maximum absolute atomic E-state index is 3.83. The van der Waals surface area contributed by atoms with Crippen molar-refractivity contribution in [3.8, 4) is 0 Å². The molecule has 0 bridgehead atoms. The Morgan fingerprint density at radius 1 is 1.33 bits per heavy atom. The first-order valence-corrected chi connectivity index (χ1v) is 5.39. The lowest BCUT2D eigenvalue weighted by molar-refractivity contribution is 0.918. The first-order chi connectivity index (χ1) is 7.27. The third-order valence-corrected chi connectivity index (χ3v) is 2.32. The number of rotatable bonds is 5. The summed E-state index contributed by atoms with van der Waals surface area (Å²) in [5.74, 6) is 0. The van der Waals surface area contributed by atoms with E-state index < -0.39 is 0 Å². The van der Waals surface area contributed by atoms with Gasteiger partial charge >= 0.3 is 0 Å². The minimum atomic E-state index is 1.08. The van der Waals surface area contributed by atoms with Gasteiger partial charge in [-0.25, -0.2) is 0 Å². The van der Waals surface area contributed by atoms with E-state index >= 15 is 0 Å². The van der Waals surface area contributed by atoms with Crippen LogP contribution in [-0.4, -0.2) is 7.05 Å². The van der Waals surface area contributed by atoms with Crippen LogP contribution < -0.4 is 4.90 Å². The molecule has 0 radical (unpaired) electrons. The maximum Gasteiger partial charge on any atom is 0.0403 e. The molecule has 0 heterocycles. The summed E-state index contributed by atoms with van der Waals surface area (Å²) in [6.45, 7) is 6.01. The van der Waals surface area contributed by atoms with Crippen molar-refractivity contribution in [1.82, 2.24) is 0 Å². The Hall–Kier alpha value is -1.50. The first-order valence-electron chi connectivity index (χ1n) is 5.39. The summed E-state index contributed by atoms with van der Waals surface area (Å²) in [6, 6.07) is 10.3. The second-order valence-corrected chi connectivity index (χ2v) is 3.60. The van der Waals surface area contributed by atoms with Gasteiger partial charge < -0.3 is 4.90 Å². The summed E-state index contributed by atoms with van der Waals surface area (Å²) in [7, 11) is 2.06. The Kier molecular flexibility index (Phi) is 4.69. The van der Waals surface area contributed by atoms with Crippen molar-refractivity contribution < 1.29 is 0 Å². The van der Waals surface area contributed by atoms with Crippen LogP contribution in [-0.2, 0) is 0 Å². The molecule has 0 amide bonds. The fourth-order valence-corrected chi connectivity index (χ4v) is 1.49. The SMILES string of the molecule is C=C/C(=C\N(C)c1ccccc1)CCC. The van der Waals surface area contributed by atoms with Gasteiger partial charge in [-0.15, -0.1) is 0 Å². The Labute approximate surface area is 92.7 Å². The van der Waals surface area contributed by atoms with Gasteiger partial charge in [-0.1, -0.05) is 44.2 Å². The minimum Gasteiger partial charge on any atom is -0.351 e. The molecule has 0 aromatic heterocycles. The first kappa shape index (κ1) is 11.6. The number of allylic oxidation sites excluding steroid dienone is 2. The van der Waals surface area contributed by atoms with E-state index in [0.717, 1.165) is 12.8 Å². The molecule has 0 aliphatic carbocycles. The van der Waals surface area contributed by atoms with Crippen molar-refractivity contribution in [3.63, 3.8) is 0 Å². The molecule has 0 spiro atoms. The highest BCUT2D eigenvalue weighted by molar-refractivity contribution is 5.49. The maximum atomic E-state index is 3.83. The van der Waals surface area contributed by atoms with E-state index in [1.807, 2.05) is 24.3 Å². The van der Waals surface area contributed by atoms with Gasteiger partial charge in [0.1, 0.15) is 0 Å². The van der Waals surface area contributed by atoms with Gasteiger partial charge in [-0.2, -0.15) is 0 Å². The molecule has 1 nitrogen and oxygen atoms in total. The summed E-state index contributed by atoms with van der Waals surface area (Å²) in [5.41, 5.74) is 2.48. The van der Waals surface area contributed by atoms with Crippen molar-refractivity contribution in [2.24, 2.45) is 0 Å². The highest BCUT2D eigenvalue weighted by Crippen LogP contribution is 2.14. The van der Waals surface area contributed by atoms with Crippen molar-refractivity contribution >= 4 is 5.69 Å². The summed E-state index contributed by atoms with van der Waals surface area (Å²) >= 11 is 0. The molecule has 1 rings (SSSR count). The number of hydrogen-bond acceptors (Lipinski definition) is 1. The molecule has 1 aromatic rings. The second-order valence-electron chi connectivity index (χ2n) is 3.60. The van der Waals surface area contributed by atoms with Gasteiger partial charge in [0, 0.05) is 18.9 Å². The van der Waals surface area contributed by atoms with Gasteiger partial charge in [0.2, 0.25) is 0 Å². The van der Waals surface area contributed by atoms with E-state index in [1.54, 1.807) is 0 Å². The van der Waals surface area contributed by atoms with Crippen molar-refractivity contribution in [2.45, 2.75) is 19.8 Å². The van der Waals surface area contributed by atoms with Gasteiger partial charge in [-0.05, 0) is 24.1 Å². The second kappa shape index (κ2) is 6.07. The largest absolute Gasteiger partial charge is 0.351 e. The standard InChI is InChI=1S/C14H19N/c1-4-9-13(5-2)12-15(3)14-10-7-6-8-11-14/h5-8,10-12H,2,4,9H2,1,3H3/b13-12+. The van der Waals surface area contributed by atoms with Gasteiger partial charge in [0.15, 0.2) is 0 Å². The van der Waals surface area contributed by atoms with Crippen LogP contribution in [0.4, 0.5) is 5.69 Å². The summed E-state index contributed by atoms with van der Waals surface area (Å²) in [5, 5.41) is 0. The van der Waals surface area contributed by atoms with Crippen molar-refractivity contribution in [2.75, 3.05) is 11.9 Å². The van der Waals surface area contributed by atoms with Crippen LogP contribution in [0.3, 0.4) is 0 Å². The van der Waals surface area contributed by atoms with E-state index in [2.05, 4.69) is 43.8 Å². The molecule has 0 atom stereocenters. The summed E-state index contributed by atoms with van der Waals surface area (Å²) in [6.07, 6.45) is 6.32. The lowest BCUT2D eigenvalue weighted by Gasteiger charge is -2.15. The van der Waals surface area contributed by atoms with E-state index in [0.29, 0.717) is 0 Å². The zero-order valence-electron chi connectivity index (χ0n) is 9.61. The molecular formula is C14H19N. The molecule has 0 saturated heterocycles. The van der Waals surface area contributed by atoms with Crippen LogP contribution in [0.5, 0.6) is 0 Å². The third kappa shape index (κ3) is 3.62. The Morgan fingerprint density at radius 3 is 2.53 bits per heavy atom.